The van der Waals surface area contributed by atoms with Gasteiger partial charge in [-0.2, -0.15) is 0 Å². The van der Waals surface area contributed by atoms with Crippen molar-refractivity contribution in [3.05, 3.63) is 35.1 Å². The number of hydrogen-bond acceptors (Lipinski definition) is 3. The third-order valence-electron chi connectivity index (χ3n) is 2.33. The summed E-state index contributed by atoms with van der Waals surface area (Å²) < 4.78 is 13.6. The molecule has 0 aliphatic carbocycles. The topological polar surface area (TPSA) is 84.2 Å². The fraction of sp³-hybridized carbons (Fsp3) is 0.286. The highest BCUT2D eigenvalue weighted by atomic mass is 19.1. The van der Waals surface area contributed by atoms with E-state index in [1.54, 1.807) is 6.92 Å². The van der Waals surface area contributed by atoms with E-state index in [9.17, 15) is 14.0 Å². The first kappa shape index (κ1) is 15.7. The quantitative estimate of drug-likeness (QED) is 0.677. The Labute approximate surface area is 116 Å². The highest BCUT2D eigenvalue weighted by Crippen LogP contribution is 2.09. The van der Waals surface area contributed by atoms with Gasteiger partial charge in [-0.1, -0.05) is 11.8 Å². The summed E-state index contributed by atoms with van der Waals surface area (Å²) in [5.74, 6) is 3.66. The zero-order valence-corrected chi connectivity index (χ0v) is 11.1. The molecule has 0 saturated heterocycles. The van der Waals surface area contributed by atoms with Crippen LogP contribution in [0.5, 0.6) is 0 Å². The molecule has 106 valence electrons. The second kappa shape index (κ2) is 7.92. The lowest BCUT2D eigenvalue weighted by molar-refractivity contribution is -0.120. The van der Waals surface area contributed by atoms with Gasteiger partial charge >= 0.3 is 0 Å². The summed E-state index contributed by atoms with van der Waals surface area (Å²) >= 11 is 0. The van der Waals surface area contributed by atoms with Crippen molar-refractivity contribution in [2.24, 2.45) is 5.73 Å². The van der Waals surface area contributed by atoms with Crippen LogP contribution in [0.3, 0.4) is 0 Å². The Bertz CT molecular complexity index is 561. The predicted molar refractivity (Wildman–Crippen MR) is 73.3 cm³/mol. The molecule has 1 aromatic rings. The van der Waals surface area contributed by atoms with Crippen molar-refractivity contribution in [3.8, 4) is 11.8 Å². The van der Waals surface area contributed by atoms with E-state index < -0.39 is 11.7 Å². The van der Waals surface area contributed by atoms with Gasteiger partial charge in [-0.15, -0.1) is 0 Å². The smallest absolute Gasteiger partial charge is 0.254 e. The molecule has 2 amide bonds. The molecule has 0 heterocycles. The third kappa shape index (κ3) is 4.71. The molecule has 0 bridgehead atoms. The van der Waals surface area contributed by atoms with E-state index in [-0.39, 0.29) is 24.6 Å². The largest absolute Gasteiger partial charge is 0.355 e. The number of rotatable bonds is 4. The van der Waals surface area contributed by atoms with Crippen molar-refractivity contribution in [1.82, 2.24) is 10.6 Å². The zero-order chi connectivity index (χ0) is 15.0. The molecule has 0 fully saturated rings. The Kier molecular flexibility index (Phi) is 6.20. The molecule has 0 aliphatic heterocycles. The van der Waals surface area contributed by atoms with Crippen LogP contribution >= 0.6 is 0 Å². The van der Waals surface area contributed by atoms with E-state index in [4.69, 9.17) is 5.73 Å². The summed E-state index contributed by atoms with van der Waals surface area (Å²) in [5, 5.41) is 4.87. The standard InChI is InChI=1S/C14H16FN3O2/c1-2-17-13(19)9-18-14(20)11-8-10(4-3-7-16)5-6-12(11)15/h5-6,8H,2,7,9,16H2,1H3,(H,17,19)(H,18,20). The molecule has 0 spiro atoms. The predicted octanol–water partition coefficient (Wildman–Crippen LogP) is 0.00180. The molecule has 0 saturated carbocycles. The van der Waals surface area contributed by atoms with E-state index in [1.165, 1.54) is 12.1 Å². The highest BCUT2D eigenvalue weighted by Gasteiger charge is 2.13. The van der Waals surface area contributed by atoms with Gasteiger partial charge in [0.15, 0.2) is 0 Å². The Morgan fingerprint density at radius 2 is 2.10 bits per heavy atom. The second-order valence-electron chi connectivity index (χ2n) is 3.84. The molecule has 20 heavy (non-hydrogen) atoms. The summed E-state index contributed by atoms with van der Waals surface area (Å²) in [5.41, 5.74) is 5.57. The van der Waals surface area contributed by atoms with Crippen LogP contribution in [0.25, 0.3) is 0 Å². The van der Waals surface area contributed by atoms with Gasteiger partial charge in [0.1, 0.15) is 5.82 Å². The first-order chi connectivity index (χ1) is 9.58. The van der Waals surface area contributed by atoms with Crippen LogP contribution in [-0.4, -0.2) is 31.4 Å². The molecule has 0 radical (unpaired) electrons. The Balaban J connectivity index is 2.79. The van der Waals surface area contributed by atoms with Gasteiger partial charge in [0.05, 0.1) is 18.7 Å². The van der Waals surface area contributed by atoms with Crippen molar-refractivity contribution < 1.29 is 14.0 Å². The van der Waals surface area contributed by atoms with E-state index in [0.29, 0.717) is 12.1 Å². The van der Waals surface area contributed by atoms with Crippen LogP contribution < -0.4 is 16.4 Å². The molecular formula is C14H16FN3O2. The fourth-order valence-electron chi connectivity index (χ4n) is 1.45. The van der Waals surface area contributed by atoms with Gasteiger partial charge in [0.25, 0.3) is 5.91 Å². The van der Waals surface area contributed by atoms with Crippen molar-refractivity contribution in [2.45, 2.75) is 6.92 Å². The maximum atomic E-state index is 13.6. The van der Waals surface area contributed by atoms with Crippen molar-refractivity contribution >= 4 is 11.8 Å². The summed E-state index contributed by atoms with van der Waals surface area (Å²) in [6, 6.07) is 3.94. The number of likely N-dealkylation sites (N-methyl/N-ethyl adjacent to an activating group) is 1. The van der Waals surface area contributed by atoms with Crippen LogP contribution in [-0.2, 0) is 4.79 Å². The minimum Gasteiger partial charge on any atom is -0.355 e. The first-order valence-corrected chi connectivity index (χ1v) is 6.11. The number of nitrogens with two attached hydrogens (primary N) is 1. The molecule has 0 aromatic heterocycles. The lowest BCUT2D eigenvalue weighted by Gasteiger charge is -2.06. The maximum absolute atomic E-state index is 13.6. The lowest BCUT2D eigenvalue weighted by atomic mass is 10.1. The number of halogens is 1. The van der Waals surface area contributed by atoms with Crippen molar-refractivity contribution in [3.63, 3.8) is 0 Å². The number of amides is 2. The molecule has 5 nitrogen and oxygen atoms in total. The van der Waals surface area contributed by atoms with Gasteiger partial charge in [-0.05, 0) is 25.1 Å². The highest BCUT2D eigenvalue weighted by molar-refractivity contribution is 5.97. The van der Waals surface area contributed by atoms with Gasteiger partial charge in [-0.25, -0.2) is 4.39 Å². The normalized spacial score (nSPS) is 9.35. The van der Waals surface area contributed by atoms with E-state index >= 15 is 0 Å². The third-order valence-corrected chi connectivity index (χ3v) is 2.33. The molecular weight excluding hydrogens is 261 g/mol. The van der Waals surface area contributed by atoms with E-state index in [2.05, 4.69) is 22.5 Å². The minimum atomic E-state index is -0.670. The first-order valence-electron chi connectivity index (χ1n) is 6.11. The minimum absolute atomic E-state index is 0.155. The fourth-order valence-corrected chi connectivity index (χ4v) is 1.45. The number of carbonyl (C=O) groups is 2. The van der Waals surface area contributed by atoms with Crippen LogP contribution in [0, 0.1) is 17.7 Å². The van der Waals surface area contributed by atoms with Crippen LogP contribution in [0.4, 0.5) is 4.39 Å². The van der Waals surface area contributed by atoms with Gasteiger partial charge in [0, 0.05) is 12.1 Å². The molecule has 0 aliphatic rings. The molecule has 0 atom stereocenters. The van der Waals surface area contributed by atoms with Crippen LogP contribution in [0.1, 0.15) is 22.8 Å². The molecule has 1 rings (SSSR count). The Morgan fingerprint density at radius 1 is 1.35 bits per heavy atom. The van der Waals surface area contributed by atoms with Gasteiger partial charge in [0.2, 0.25) is 5.91 Å². The number of carbonyl (C=O) groups excluding carboxylic acids is 2. The molecule has 4 N–H and O–H groups in total. The maximum Gasteiger partial charge on any atom is 0.254 e. The summed E-state index contributed by atoms with van der Waals surface area (Å²) in [6.07, 6.45) is 0. The van der Waals surface area contributed by atoms with E-state index in [1.807, 2.05) is 0 Å². The van der Waals surface area contributed by atoms with E-state index in [0.717, 1.165) is 6.07 Å². The number of benzene rings is 1. The van der Waals surface area contributed by atoms with Crippen molar-refractivity contribution in [2.75, 3.05) is 19.6 Å². The number of hydrogen-bond donors (Lipinski definition) is 3. The Morgan fingerprint density at radius 3 is 2.75 bits per heavy atom. The van der Waals surface area contributed by atoms with Gasteiger partial charge in [-0.3, -0.25) is 9.59 Å². The summed E-state index contributed by atoms with van der Waals surface area (Å²) in [6.45, 7) is 2.20. The Hall–Kier alpha value is -2.39. The van der Waals surface area contributed by atoms with Crippen molar-refractivity contribution in [1.29, 1.82) is 0 Å². The molecule has 1 aromatic carbocycles. The monoisotopic (exact) mass is 277 g/mol. The molecule has 6 heteroatoms. The summed E-state index contributed by atoms with van der Waals surface area (Å²) in [7, 11) is 0. The molecule has 0 unspecified atom stereocenters. The zero-order valence-electron chi connectivity index (χ0n) is 11.1. The summed E-state index contributed by atoms with van der Waals surface area (Å²) in [4.78, 5) is 23.0. The lowest BCUT2D eigenvalue weighted by Crippen LogP contribution is -2.37. The SMILES string of the molecule is CCNC(=O)CNC(=O)c1cc(C#CCN)ccc1F. The van der Waals surface area contributed by atoms with Gasteiger partial charge < -0.3 is 16.4 Å². The average molecular weight is 277 g/mol. The average Bonchev–Trinajstić information content (AvgIpc) is 2.44. The van der Waals surface area contributed by atoms with Crippen LogP contribution in [0.2, 0.25) is 0 Å². The second-order valence-corrected chi connectivity index (χ2v) is 3.84. The van der Waals surface area contributed by atoms with Crippen LogP contribution in [0.15, 0.2) is 18.2 Å². The number of nitrogens with one attached hydrogen (secondary N) is 2.